The lowest BCUT2D eigenvalue weighted by Gasteiger charge is -2.35. The molecule has 0 radical (unpaired) electrons. The van der Waals surface area contributed by atoms with Crippen molar-refractivity contribution < 1.29 is 14.5 Å². The molecule has 0 aromatic heterocycles. The second-order valence-electron chi connectivity index (χ2n) is 6.22. The first kappa shape index (κ1) is 20.3. The average molecular weight is 422 g/mol. The van der Waals surface area contributed by atoms with Crippen LogP contribution < -0.4 is 9.64 Å². The van der Waals surface area contributed by atoms with Crippen LogP contribution in [-0.2, 0) is 4.79 Å². The minimum Gasteiger partial charge on any atom is -0.496 e. The molecule has 7 nitrogen and oxygen atoms in total. The monoisotopic (exact) mass is 421 g/mol. The average Bonchev–Trinajstić information content (AvgIpc) is 2.72. The minimum atomic E-state index is -0.405. The molecular formula is C19H20ClN3O4S. The van der Waals surface area contributed by atoms with Crippen molar-refractivity contribution in [2.75, 3.05) is 43.9 Å². The summed E-state index contributed by atoms with van der Waals surface area (Å²) in [6.45, 7) is 2.15. The van der Waals surface area contributed by atoms with Crippen LogP contribution in [0.25, 0.3) is 0 Å². The number of piperazine rings is 1. The van der Waals surface area contributed by atoms with E-state index < -0.39 is 4.92 Å². The third-order valence-electron chi connectivity index (χ3n) is 4.53. The Hall–Kier alpha value is -2.45. The second kappa shape index (κ2) is 9.16. The number of nitro benzene ring substituents is 1. The van der Waals surface area contributed by atoms with Gasteiger partial charge >= 0.3 is 0 Å². The number of methoxy groups -OCH3 is 1. The normalized spacial score (nSPS) is 14.1. The molecule has 1 aliphatic rings. The predicted molar refractivity (Wildman–Crippen MR) is 111 cm³/mol. The lowest BCUT2D eigenvalue weighted by atomic mass is 10.2. The standard InChI is InChI=1S/C19H20ClN3O4S/c1-27-15-4-7-17(18(12-15)23(25)26)21-8-10-22(11-9-21)19(24)13-28-16-5-2-14(20)3-6-16/h2-7,12H,8-11,13H2,1H3. The molecule has 1 saturated heterocycles. The number of halogens is 1. The molecule has 3 rings (SSSR count). The number of ether oxygens (including phenoxy) is 1. The Morgan fingerprint density at radius 2 is 1.86 bits per heavy atom. The first-order valence-corrected chi connectivity index (χ1v) is 10.1. The van der Waals surface area contributed by atoms with Gasteiger partial charge in [0.2, 0.25) is 5.91 Å². The highest BCUT2D eigenvalue weighted by Crippen LogP contribution is 2.32. The summed E-state index contributed by atoms with van der Waals surface area (Å²) in [5.74, 6) is 0.858. The van der Waals surface area contributed by atoms with Crippen molar-refractivity contribution in [1.82, 2.24) is 4.90 Å². The molecule has 0 bridgehead atoms. The molecule has 1 amide bonds. The van der Waals surface area contributed by atoms with E-state index in [1.165, 1.54) is 24.9 Å². The molecule has 148 valence electrons. The van der Waals surface area contributed by atoms with Crippen molar-refractivity contribution in [2.24, 2.45) is 0 Å². The van der Waals surface area contributed by atoms with Gasteiger partial charge in [0.1, 0.15) is 11.4 Å². The molecule has 1 heterocycles. The number of carbonyl (C=O) groups excluding carboxylic acids is 1. The summed E-state index contributed by atoms with van der Waals surface area (Å²) >= 11 is 7.34. The van der Waals surface area contributed by atoms with Gasteiger partial charge in [0.25, 0.3) is 5.69 Å². The number of benzene rings is 2. The SMILES string of the molecule is COc1ccc(N2CCN(C(=O)CSc3ccc(Cl)cc3)CC2)c([N+](=O)[O-])c1. The van der Waals surface area contributed by atoms with Crippen LogP contribution in [0.5, 0.6) is 5.75 Å². The summed E-state index contributed by atoms with van der Waals surface area (Å²) in [5.41, 5.74) is 0.561. The van der Waals surface area contributed by atoms with Gasteiger partial charge < -0.3 is 14.5 Å². The Morgan fingerprint density at radius 3 is 2.46 bits per heavy atom. The van der Waals surface area contributed by atoms with Crippen LogP contribution >= 0.6 is 23.4 Å². The molecule has 2 aromatic carbocycles. The fourth-order valence-electron chi connectivity index (χ4n) is 3.01. The van der Waals surface area contributed by atoms with Crippen LogP contribution in [-0.4, -0.2) is 54.8 Å². The zero-order valence-electron chi connectivity index (χ0n) is 15.3. The van der Waals surface area contributed by atoms with E-state index in [2.05, 4.69) is 0 Å². The molecule has 0 unspecified atom stereocenters. The second-order valence-corrected chi connectivity index (χ2v) is 7.71. The summed E-state index contributed by atoms with van der Waals surface area (Å²) in [6.07, 6.45) is 0. The van der Waals surface area contributed by atoms with E-state index in [4.69, 9.17) is 16.3 Å². The van der Waals surface area contributed by atoms with Crippen molar-refractivity contribution in [3.8, 4) is 5.75 Å². The number of hydrogen-bond donors (Lipinski definition) is 0. The molecular weight excluding hydrogens is 402 g/mol. The van der Waals surface area contributed by atoms with Gasteiger partial charge in [-0.1, -0.05) is 11.6 Å². The van der Waals surface area contributed by atoms with Crippen LogP contribution in [0.1, 0.15) is 0 Å². The zero-order chi connectivity index (χ0) is 20.1. The third kappa shape index (κ3) is 4.88. The fourth-order valence-corrected chi connectivity index (χ4v) is 3.94. The van der Waals surface area contributed by atoms with Gasteiger partial charge in [0.15, 0.2) is 0 Å². The molecule has 0 saturated carbocycles. The summed E-state index contributed by atoms with van der Waals surface area (Å²) < 4.78 is 5.08. The van der Waals surface area contributed by atoms with Crippen molar-refractivity contribution in [3.63, 3.8) is 0 Å². The van der Waals surface area contributed by atoms with Crippen LogP contribution in [0, 0.1) is 10.1 Å². The van der Waals surface area contributed by atoms with Gasteiger partial charge in [-0.25, -0.2) is 0 Å². The van der Waals surface area contributed by atoms with Crippen molar-refractivity contribution >= 4 is 40.6 Å². The maximum Gasteiger partial charge on any atom is 0.296 e. The molecule has 1 aliphatic heterocycles. The fraction of sp³-hybridized carbons (Fsp3) is 0.316. The topological polar surface area (TPSA) is 75.9 Å². The summed E-state index contributed by atoms with van der Waals surface area (Å²) in [4.78, 5) is 28.2. The number of carbonyl (C=O) groups is 1. The van der Waals surface area contributed by atoms with E-state index >= 15 is 0 Å². The molecule has 28 heavy (non-hydrogen) atoms. The maximum absolute atomic E-state index is 12.5. The number of thioether (sulfide) groups is 1. The molecule has 1 fully saturated rings. The maximum atomic E-state index is 12.5. The molecule has 0 aliphatic carbocycles. The van der Waals surface area contributed by atoms with E-state index in [-0.39, 0.29) is 11.6 Å². The molecule has 2 aromatic rings. The first-order chi connectivity index (χ1) is 13.5. The Balaban J connectivity index is 1.57. The van der Waals surface area contributed by atoms with Gasteiger partial charge in [-0.05, 0) is 36.4 Å². The van der Waals surface area contributed by atoms with Gasteiger partial charge in [0.05, 0.1) is 23.9 Å². The Kier molecular flexibility index (Phi) is 6.64. The predicted octanol–water partition coefficient (Wildman–Crippen LogP) is 3.70. The molecule has 0 N–H and O–H groups in total. The number of hydrogen-bond acceptors (Lipinski definition) is 6. The van der Waals surface area contributed by atoms with Crippen LogP contribution in [0.2, 0.25) is 5.02 Å². The number of anilines is 1. The smallest absolute Gasteiger partial charge is 0.296 e. The van der Waals surface area contributed by atoms with E-state index in [0.717, 1.165) is 4.90 Å². The van der Waals surface area contributed by atoms with Gasteiger partial charge in [0, 0.05) is 36.1 Å². The van der Waals surface area contributed by atoms with Gasteiger partial charge in [-0.3, -0.25) is 14.9 Å². The van der Waals surface area contributed by atoms with Crippen LogP contribution in [0.15, 0.2) is 47.4 Å². The van der Waals surface area contributed by atoms with Crippen LogP contribution in [0.4, 0.5) is 11.4 Å². The molecule has 0 atom stereocenters. The van der Waals surface area contributed by atoms with Crippen molar-refractivity contribution in [1.29, 1.82) is 0 Å². The number of nitro groups is 1. The number of amides is 1. The molecule has 0 spiro atoms. The summed E-state index contributed by atoms with van der Waals surface area (Å²) in [5, 5.41) is 12.1. The number of nitrogens with zero attached hydrogens (tertiary/aromatic N) is 3. The van der Waals surface area contributed by atoms with E-state index in [1.807, 2.05) is 17.0 Å². The first-order valence-electron chi connectivity index (χ1n) is 8.71. The van der Waals surface area contributed by atoms with Crippen LogP contribution in [0.3, 0.4) is 0 Å². The van der Waals surface area contributed by atoms with Gasteiger partial charge in [-0.2, -0.15) is 0 Å². The summed E-state index contributed by atoms with van der Waals surface area (Å²) in [7, 11) is 1.48. The lowest BCUT2D eigenvalue weighted by Crippen LogP contribution is -2.49. The summed E-state index contributed by atoms with van der Waals surface area (Å²) in [6, 6.07) is 12.2. The Bertz CT molecular complexity index is 855. The van der Waals surface area contributed by atoms with E-state index in [1.54, 1.807) is 29.2 Å². The van der Waals surface area contributed by atoms with Gasteiger partial charge in [-0.15, -0.1) is 11.8 Å². The van der Waals surface area contributed by atoms with Crippen molar-refractivity contribution in [3.05, 3.63) is 57.6 Å². The number of rotatable bonds is 6. The largest absolute Gasteiger partial charge is 0.496 e. The third-order valence-corrected chi connectivity index (χ3v) is 5.78. The highest BCUT2D eigenvalue weighted by Gasteiger charge is 2.26. The Morgan fingerprint density at radius 1 is 1.18 bits per heavy atom. The highest BCUT2D eigenvalue weighted by atomic mass is 35.5. The lowest BCUT2D eigenvalue weighted by molar-refractivity contribution is -0.384. The highest BCUT2D eigenvalue weighted by molar-refractivity contribution is 8.00. The minimum absolute atomic E-state index is 0.0115. The van der Waals surface area contributed by atoms with Crippen molar-refractivity contribution in [2.45, 2.75) is 4.90 Å². The van der Waals surface area contributed by atoms with E-state index in [0.29, 0.717) is 48.4 Å². The zero-order valence-corrected chi connectivity index (χ0v) is 16.9. The Labute approximate surface area is 172 Å². The quantitative estimate of drug-likeness (QED) is 0.402. The molecule has 9 heteroatoms. The van der Waals surface area contributed by atoms with E-state index in [9.17, 15) is 14.9 Å².